The van der Waals surface area contributed by atoms with Crippen LogP contribution in [-0.2, 0) is 0 Å². The fourth-order valence-electron chi connectivity index (χ4n) is 1.47. The molecule has 0 aliphatic carbocycles. The number of rotatable bonds is 0. The van der Waals surface area contributed by atoms with Gasteiger partial charge in [0.2, 0.25) is 0 Å². The average molecular weight is 222 g/mol. The number of aromatic amines is 2. The Morgan fingerprint density at radius 2 is 1.75 bits per heavy atom. The number of benzene rings is 1. The Morgan fingerprint density at radius 1 is 1.12 bits per heavy atom. The molecule has 2 rings (SSSR count). The number of halogens is 2. The number of H-pyrrole nitrogens is 2. The second-order valence-corrected chi connectivity index (χ2v) is 3.32. The summed E-state index contributed by atoms with van der Waals surface area (Å²) in [7, 11) is 5.30. The van der Waals surface area contributed by atoms with Crippen molar-refractivity contribution in [1.82, 2.24) is 9.97 Å². The van der Waals surface area contributed by atoms with E-state index in [2.05, 4.69) is 0 Å². The highest BCUT2D eigenvalue weighted by Gasteiger charge is 2.17. The number of hydrogen-bond acceptors (Lipinski definition) is 2. The van der Waals surface area contributed by atoms with Gasteiger partial charge in [0.15, 0.2) is 0 Å². The van der Waals surface area contributed by atoms with E-state index >= 15 is 0 Å². The van der Waals surface area contributed by atoms with Gasteiger partial charge in [-0.25, -0.2) is 13.6 Å². The van der Waals surface area contributed by atoms with Gasteiger partial charge >= 0.3 is 5.69 Å². The topological polar surface area (TPSA) is 65.7 Å². The molecule has 0 aliphatic heterocycles. The van der Waals surface area contributed by atoms with E-state index in [0.29, 0.717) is 0 Å². The first-order valence-corrected chi connectivity index (χ1v) is 4.32. The summed E-state index contributed by atoms with van der Waals surface area (Å²) in [6, 6.07) is 0. The van der Waals surface area contributed by atoms with Crippen LogP contribution in [0.15, 0.2) is 9.59 Å². The first-order valence-electron chi connectivity index (χ1n) is 4.32. The first-order chi connectivity index (χ1) is 7.43. The molecule has 2 radical (unpaired) electrons. The minimum absolute atomic E-state index is 0.164. The van der Waals surface area contributed by atoms with Crippen LogP contribution in [0.2, 0.25) is 0 Å². The lowest BCUT2D eigenvalue weighted by molar-refractivity contribution is 0.612. The number of hydrogen-bond donors (Lipinski definition) is 2. The third-order valence-corrected chi connectivity index (χ3v) is 2.35. The molecule has 2 aromatic rings. The number of nitrogens with one attached hydrogen (secondary N) is 2. The average Bonchev–Trinajstić information content (AvgIpc) is 2.22. The molecule has 0 saturated heterocycles. The van der Waals surface area contributed by atoms with Crippen LogP contribution in [-0.4, -0.2) is 17.8 Å². The predicted octanol–water partition coefficient (Wildman–Crippen LogP) is -0.403. The second-order valence-electron chi connectivity index (χ2n) is 3.32. The Morgan fingerprint density at radius 3 is 2.38 bits per heavy atom. The van der Waals surface area contributed by atoms with Gasteiger partial charge in [-0.05, 0) is 12.5 Å². The van der Waals surface area contributed by atoms with E-state index in [1.807, 2.05) is 9.97 Å². The van der Waals surface area contributed by atoms with E-state index in [9.17, 15) is 18.4 Å². The summed E-state index contributed by atoms with van der Waals surface area (Å²) in [4.78, 5) is 26.1. The van der Waals surface area contributed by atoms with E-state index in [4.69, 9.17) is 7.85 Å². The minimum Gasteiger partial charge on any atom is -0.304 e. The molecule has 1 heterocycles. The molecule has 0 amide bonds. The summed E-state index contributed by atoms with van der Waals surface area (Å²) in [5, 5.41) is -0.538. The second kappa shape index (κ2) is 3.29. The van der Waals surface area contributed by atoms with Gasteiger partial charge in [-0.1, -0.05) is 5.46 Å². The van der Waals surface area contributed by atoms with Gasteiger partial charge in [-0.3, -0.25) is 9.78 Å². The SMILES string of the molecule is [B]c1c(C)c(F)c2c(=O)[nH]c(=O)[nH]c2c1F. The lowest BCUT2D eigenvalue weighted by atomic mass is 9.89. The highest BCUT2D eigenvalue weighted by atomic mass is 19.1. The van der Waals surface area contributed by atoms with Crippen LogP contribution in [0.25, 0.3) is 10.9 Å². The van der Waals surface area contributed by atoms with Crippen LogP contribution >= 0.6 is 0 Å². The van der Waals surface area contributed by atoms with E-state index in [-0.39, 0.29) is 5.56 Å². The van der Waals surface area contributed by atoms with Crippen molar-refractivity contribution in [2.45, 2.75) is 6.92 Å². The third-order valence-electron chi connectivity index (χ3n) is 2.35. The highest BCUT2D eigenvalue weighted by Crippen LogP contribution is 2.15. The van der Waals surface area contributed by atoms with Gasteiger partial charge in [0, 0.05) is 0 Å². The zero-order valence-electron chi connectivity index (χ0n) is 8.15. The Hall–Kier alpha value is -1.92. The normalized spacial score (nSPS) is 10.9. The smallest absolute Gasteiger partial charge is 0.304 e. The maximum atomic E-state index is 13.6. The molecule has 2 N–H and O–H groups in total. The molecule has 0 spiro atoms. The Bertz CT molecular complexity index is 705. The Balaban J connectivity index is 3.21. The molecular weight excluding hydrogens is 217 g/mol. The molecule has 1 aromatic carbocycles. The lowest BCUT2D eigenvalue weighted by Crippen LogP contribution is -2.27. The van der Waals surface area contributed by atoms with Crippen molar-refractivity contribution >= 4 is 24.2 Å². The maximum absolute atomic E-state index is 13.6. The van der Waals surface area contributed by atoms with E-state index in [0.717, 1.165) is 0 Å². The van der Waals surface area contributed by atoms with Crippen LogP contribution in [0.3, 0.4) is 0 Å². The van der Waals surface area contributed by atoms with Crippen LogP contribution < -0.4 is 16.7 Å². The molecule has 16 heavy (non-hydrogen) atoms. The van der Waals surface area contributed by atoms with Crippen molar-refractivity contribution in [2.24, 2.45) is 0 Å². The van der Waals surface area contributed by atoms with Gasteiger partial charge in [0.05, 0.1) is 5.52 Å². The van der Waals surface area contributed by atoms with Gasteiger partial charge in [-0.2, -0.15) is 0 Å². The molecule has 4 nitrogen and oxygen atoms in total. The van der Waals surface area contributed by atoms with Crippen molar-refractivity contribution in [1.29, 1.82) is 0 Å². The van der Waals surface area contributed by atoms with Crippen molar-refractivity contribution in [3.8, 4) is 0 Å². The van der Waals surface area contributed by atoms with Crippen LogP contribution in [0.5, 0.6) is 0 Å². The minimum atomic E-state index is -1.00. The molecule has 0 bridgehead atoms. The molecule has 0 saturated carbocycles. The standard InChI is InChI=1S/C9H5BF2N2O2/c1-2-4(10)6(12)7-3(5(2)11)8(15)14-9(16)13-7/h1H3,(H2,13,14,15,16). The zero-order chi connectivity index (χ0) is 12.0. The first kappa shape index (κ1) is 10.6. The summed E-state index contributed by atoms with van der Waals surface area (Å²) in [6.07, 6.45) is 0. The molecule has 0 unspecified atom stereocenters. The van der Waals surface area contributed by atoms with Gasteiger partial charge in [0.1, 0.15) is 24.9 Å². The van der Waals surface area contributed by atoms with Crippen molar-refractivity contribution < 1.29 is 8.78 Å². The molecule has 7 heteroatoms. The molecule has 0 atom stereocenters. The van der Waals surface area contributed by atoms with Gasteiger partial charge in [0.25, 0.3) is 5.56 Å². The van der Waals surface area contributed by atoms with Gasteiger partial charge < -0.3 is 4.98 Å². The number of fused-ring (bicyclic) bond motifs is 1. The van der Waals surface area contributed by atoms with Gasteiger partial charge in [-0.15, -0.1) is 0 Å². The zero-order valence-corrected chi connectivity index (χ0v) is 8.15. The van der Waals surface area contributed by atoms with E-state index < -0.39 is 39.2 Å². The molecular formula is C9H5BF2N2O2. The monoisotopic (exact) mass is 222 g/mol. The highest BCUT2D eigenvalue weighted by molar-refractivity contribution is 6.34. The molecule has 0 fully saturated rings. The third kappa shape index (κ3) is 1.28. The summed E-state index contributed by atoms with van der Waals surface area (Å²) < 4.78 is 27.2. The molecule has 1 aromatic heterocycles. The number of aromatic nitrogens is 2. The summed E-state index contributed by atoms with van der Waals surface area (Å²) in [5.74, 6) is -1.94. The fraction of sp³-hybridized carbons (Fsp3) is 0.111. The van der Waals surface area contributed by atoms with Crippen LogP contribution in [0.1, 0.15) is 5.56 Å². The Kier molecular flexibility index (Phi) is 2.18. The summed E-state index contributed by atoms with van der Waals surface area (Å²) in [6.45, 7) is 1.25. The quantitative estimate of drug-likeness (QED) is 0.595. The summed E-state index contributed by atoms with van der Waals surface area (Å²) >= 11 is 0. The Labute approximate surface area is 88.7 Å². The fourth-order valence-corrected chi connectivity index (χ4v) is 1.47. The van der Waals surface area contributed by atoms with E-state index in [1.165, 1.54) is 6.92 Å². The summed E-state index contributed by atoms with van der Waals surface area (Å²) in [5.41, 5.74) is -3.01. The van der Waals surface area contributed by atoms with Crippen molar-refractivity contribution in [3.63, 3.8) is 0 Å². The lowest BCUT2D eigenvalue weighted by Gasteiger charge is -2.07. The molecule has 0 aliphatic rings. The maximum Gasteiger partial charge on any atom is 0.326 e. The largest absolute Gasteiger partial charge is 0.326 e. The molecule has 80 valence electrons. The van der Waals surface area contributed by atoms with Crippen LogP contribution in [0, 0.1) is 18.6 Å². The predicted molar refractivity (Wildman–Crippen MR) is 55.2 cm³/mol. The van der Waals surface area contributed by atoms with E-state index in [1.54, 1.807) is 0 Å². The van der Waals surface area contributed by atoms with Crippen molar-refractivity contribution in [3.05, 3.63) is 38.0 Å². The van der Waals surface area contributed by atoms with Crippen molar-refractivity contribution in [2.75, 3.05) is 0 Å². The van der Waals surface area contributed by atoms with Crippen LogP contribution in [0.4, 0.5) is 8.78 Å².